The summed E-state index contributed by atoms with van der Waals surface area (Å²) in [4.78, 5) is 0. The maximum Gasteiger partial charge on any atom is 0.305 e. The molecule has 10 nitrogen and oxygen atoms in total. The van der Waals surface area contributed by atoms with Crippen LogP contribution < -0.4 is 0 Å². The summed E-state index contributed by atoms with van der Waals surface area (Å²) in [6, 6.07) is 32.5. The largest absolute Gasteiger partial charge is 0.388 e. The van der Waals surface area contributed by atoms with Gasteiger partial charge >= 0.3 is 11.4 Å². The van der Waals surface area contributed by atoms with Crippen molar-refractivity contribution in [2.45, 2.75) is 36.5 Å². The molecule has 7 atom stereocenters. The van der Waals surface area contributed by atoms with Crippen LogP contribution in [0.5, 0.6) is 0 Å². The van der Waals surface area contributed by atoms with Crippen molar-refractivity contribution in [3.63, 3.8) is 0 Å². The Morgan fingerprint density at radius 2 is 1.02 bits per heavy atom. The van der Waals surface area contributed by atoms with Gasteiger partial charge in [-0.1, -0.05) is 72.8 Å². The predicted octanol–water partition coefficient (Wildman–Crippen LogP) is 5.86. The molecule has 0 spiro atoms. The van der Waals surface area contributed by atoms with E-state index in [9.17, 15) is 14.4 Å². The Morgan fingerprint density at radius 3 is 1.50 bits per heavy atom. The van der Waals surface area contributed by atoms with Gasteiger partial charge in [-0.15, -0.1) is 0 Å². The van der Waals surface area contributed by atoms with Crippen LogP contribution in [0.25, 0.3) is 43.6 Å². The highest BCUT2D eigenvalue weighted by atomic mass is 36.0. The number of hydrogen-bond acceptors (Lipinski definition) is 8. The van der Waals surface area contributed by atoms with Gasteiger partial charge in [-0.05, 0) is 24.3 Å². The number of hydrogen-bond donors (Lipinski definition) is 2. The van der Waals surface area contributed by atoms with E-state index in [1.807, 2.05) is 60.7 Å². The molecule has 48 heavy (non-hydrogen) atoms. The van der Waals surface area contributed by atoms with Gasteiger partial charge in [-0.2, -0.15) is 4.21 Å². The van der Waals surface area contributed by atoms with Crippen LogP contribution in [0.1, 0.15) is 12.1 Å². The summed E-state index contributed by atoms with van der Waals surface area (Å²) in [5.74, 6) is 0. The van der Waals surface area contributed by atoms with Gasteiger partial charge in [0, 0.05) is 65.0 Å². The molecule has 4 unspecified atom stereocenters. The van der Waals surface area contributed by atoms with E-state index in [4.69, 9.17) is 22.0 Å². The number of aliphatic hydroxyl groups excluding tert-OH is 2. The van der Waals surface area contributed by atoms with Gasteiger partial charge in [-0.3, -0.25) is 8.37 Å². The van der Waals surface area contributed by atoms with Gasteiger partial charge < -0.3 is 28.8 Å². The first-order chi connectivity index (χ1) is 23.3. The minimum absolute atomic E-state index is 0.0648. The molecule has 0 bridgehead atoms. The van der Waals surface area contributed by atoms with E-state index in [1.54, 1.807) is 0 Å². The van der Waals surface area contributed by atoms with Crippen LogP contribution in [0.2, 0.25) is 0 Å². The first-order valence-corrected chi connectivity index (χ1v) is 19.1. The summed E-state index contributed by atoms with van der Waals surface area (Å²) in [6.45, 7) is 1.53. The van der Waals surface area contributed by atoms with E-state index in [0.717, 1.165) is 32.8 Å². The van der Waals surface area contributed by atoms with Crippen LogP contribution in [0.4, 0.5) is 0 Å². The van der Waals surface area contributed by atoms with E-state index >= 15 is 0 Å². The van der Waals surface area contributed by atoms with E-state index < -0.39 is 32.8 Å². The van der Waals surface area contributed by atoms with Crippen molar-refractivity contribution < 1.29 is 36.5 Å². The third-order valence-electron chi connectivity index (χ3n) is 8.97. The molecular weight excluding hydrogens is 699 g/mol. The van der Waals surface area contributed by atoms with Gasteiger partial charge in [0.2, 0.25) is 9.23 Å². The predicted molar refractivity (Wildman–Crippen MR) is 188 cm³/mol. The Kier molecular flexibility index (Phi) is 10.2. The third kappa shape index (κ3) is 6.42. The molecule has 3 aliphatic rings. The van der Waals surface area contributed by atoms with Crippen LogP contribution in [-0.4, -0.2) is 78.6 Å². The number of ether oxygens (including phenoxy) is 2. The molecule has 2 N–H and O–H groups in total. The van der Waals surface area contributed by atoms with Crippen molar-refractivity contribution in [2.24, 2.45) is 0 Å². The summed E-state index contributed by atoms with van der Waals surface area (Å²) in [5.41, 5.74) is 4.37. The van der Waals surface area contributed by atoms with Crippen molar-refractivity contribution in [3.8, 4) is 0 Å². The maximum absolute atomic E-state index is 11.7. The van der Waals surface area contributed by atoms with Crippen LogP contribution in [0.3, 0.4) is 0 Å². The first-order valence-electron chi connectivity index (χ1n) is 15.3. The minimum atomic E-state index is -1.69. The number of para-hydroxylation sites is 4. The zero-order chi connectivity index (χ0) is 33.4. The molecule has 0 radical (unpaired) electrons. The molecule has 0 saturated carbocycles. The average Bonchev–Trinajstić information content (AvgIpc) is 3.75. The topological polar surface area (TPSA) is 121 Å². The molecule has 6 aromatic rings. The summed E-state index contributed by atoms with van der Waals surface area (Å²) in [7, 11) is 7.36. The Morgan fingerprint density at radius 1 is 0.625 bits per heavy atom. The molecule has 0 amide bonds. The third-order valence-corrected chi connectivity index (χ3v) is 9.76. The first kappa shape index (κ1) is 33.6. The number of rotatable bonds is 2. The van der Waals surface area contributed by atoms with Crippen molar-refractivity contribution in [2.75, 3.05) is 26.4 Å². The van der Waals surface area contributed by atoms with Crippen LogP contribution >= 0.6 is 21.4 Å². The monoisotopic (exact) mass is 730 g/mol. The smallest absolute Gasteiger partial charge is 0.305 e. The van der Waals surface area contributed by atoms with Crippen molar-refractivity contribution >= 4 is 85.6 Å². The van der Waals surface area contributed by atoms with Crippen LogP contribution in [0.15, 0.2) is 97.1 Å². The van der Waals surface area contributed by atoms with Gasteiger partial charge in [0.05, 0.1) is 38.5 Å². The lowest BCUT2D eigenvalue weighted by atomic mass is 10.0. The number of halogens is 2. The van der Waals surface area contributed by atoms with Gasteiger partial charge in [0.15, 0.2) is 0 Å². The lowest BCUT2D eigenvalue weighted by Crippen LogP contribution is -2.44. The van der Waals surface area contributed by atoms with E-state index in [0.29, 0.717) is 19.8 Å². The molecule has 2 aromatic heterocycles. The Bertz CT molecular complexity index is 2010. The van der Waals surface area contributed by atoms with E-state index in [-0.39, 0.29) is 30.9 Å². The number of benzene rings is 4. The molecule has 3 fully saturated rings. The molecular formula is C34H32Cl2N2O8S2. The van der Waals surface area contributed by atoms with E-state index in [2.05, 4.69) is 66.9 Å². The second kappa shape index (κ2) is 14.5. The summed E-state index contributed by atoms with van der Waals surface area (Å²) >= 11 is -1.69. The van der Waals surface area contributed by atoms with Crippen molar-refractivity contribution in [1.82, 2.24) is 9.13 Å². The molecule has 3 aliphatic heterocycles. The maximum atomic E-state index is 11.7. The lowest BCUT2D eigenvalue weighted by molar-refractivity contribution is -0.113. The van der Waals surface area contributed by atoms with Crippen molar-refractivity contribution in [3.05, 3.63) is 97.1 Å². The fraction of sp³-hybridized carbons (Fsp3) is 0.294. The van der Waals surface area contributed by atoms with Gasteiger partial charge in [-0.25, -0.2) is 4.21 Å². The molecule has 14 heteroatoms. The molecule has 3 saturated heterocycles. The Hall–Kier alpha value is -2.88. The lowest BCUT2D eigenvalue weighted by Gasteiger charge is -2.33. The molecule has 4 aromatic carbocycles. The highest BCUT2D eigenvalue weighted by Crippen LogP contribution is 2.38. The average molecular weight is 732 g/mol. The van der Waals surface area contributed by atoms with Crippen LogP contribution in [-0.2, 0) is 38.4 Å². The SMILES string of the molecule is O=S(Cl)Cl.O=S1OC2C(n3c4ccccc4c4ccccc43)COC[C@@H]2O1.O[C@@H]1C(n2c3ccccc3c3ccccc32)COC[C@@H]1O. The summed E-state index contributed by atoms with van der Waals surface area (Å²) < 4.78 is 47.1. The second-order valence-electron chi connectivity index (χ2n) is 11.7. The highest BCUT2D eigenvalue weighted by molar-refractivity contribution is 8.26. The van der Waals surface area contributed by atoms with Gasteiger partial charge in [0.1, 0.15) is 24.4 Å². The fourth-order valence-corrected chi connectivity index (χ4v) is 7.84. The highest BCUT2D eigenvalue weighted by Gasteiger charge is 2.45. The summed E-state index contributed by atoms with van der Waals surface area (Å²) in [6.07, 6.45) is -2.21. The quantitative estimate of drug-likeness (QED) is 0.213. The van der Waals surface area contributed by atoms with Crippen LogP contribution in [0, 0.1) is 0 Å². The number of aromatic nitrogens is 2. The Balaban J connectivity index is 0.000000138. The fourth-order valence-electron chi connectivity index (χ4n) is 7.00. The number of aliphatic hydroxyl groups is 2. The zero-order valence-electron chi connectivity index (χ0n) is 25.3. The standard InChI is InChI=1S/C17H15NO4S.C17H17NO3.Cl2OS/c19-23-21-16-10-20-9-15(17(16)22-23)18-13-7-3-1-5-11(13)12-6-2-4-8-14(12)18;19-16-10-21-9-15(17(16)20)18-13-7-3-1-5-11(13)12-6-2-4-8-14(12)18;1-4(2)3/h1-8,15-17H,9-10H2;1-8,15-17,19-20H,9-10H2;/t15?,16-,17?,23?;15?,16-,17+;/m00./s1. The number of fused-ring (bicyclic) bond motifs is 7. The Labute approximate surface area is 290 Å². The van der Waals surface area contributed by atoms with E-state index in [1.165, 1.54) is 10.8 Å². The van der Waals surface area contributed by atoms with Crippen molar-refractivity contribution in [1.29, 1.82) is 0 Å². The van der Waals surface area contributed by atoms with Gasteiger partial charge in [0.25, 0.3) is 0 Å². The normalized spacial score (nSPS) is 27.1. The summed E-state index contributed by atoms with van der Waals surface area (Å²) in [5, 5.41) is 25.0. The zero-order valence-corrected chi connectivity index (χ0v) is 28.5. The number of nitrogens with zero attached hydrogens (tertiary/aromatic N) is 2. The minimum Gasteiger partial charge on any atom is -0.388 e. The molecule has 0 aliphatic carbocycles. The molecule has 252 valence electrons. The second-order valence-corrected chi connectivity index (χ2v) is 15.0. The molecule has 5 heterocycles. The molecule has 9 rings (SSSR count).